The molecular formula is C22H38O4. The topological polar surface area (TPSA) is 36.9 Å². The molecule has 0 bridgehead atoms. The van der Waals surface area contributed by atoms with E-state index >= 15 is 0 Å². The third-order valence-electron chi connectivity index (χ3n) is 4.20. The van der Waals surface area contributed by atoms with Gasteiger partial charge >= 0.3 is 0 Å². The summed E-state index contributed by atoms with van der Waals surface area (Å²) in [5.74, 6) is 0.849. The van der Waals surface area contributed by atoms with Crippen LogP contribution in [0, 0.1) is 0 Å². The first-order chi connectivity index (χ1) is 12.8. The van der Waals surface area contributed by atoms with Crippen LogP contribution in [0.4, 0.5) is 0 Å². The van der Waals surface area contributed by atoms with Crippen LogP contribution in [0.1, 0.15) is 64.9 Å². The summed E-state index contributed by atoms with van der Waals surface area (Å²) in [5.41, 5.74) is 1.38. The minimum Gasteiger partial charge on any atom is -0.465 e. The second kappa shape index (κ2) is 16.1. The van der Waals surface area contributed by atoms with E-state index in [9.17, 15) is 0 Å². The van der Waals surface area contributed by atoms with Crippen LogP contribution in [0.2, 0.25) is 0 Å². The Morgan fingerprint density at radius 2 is 1.42 bits per heavy atom. The number of ether oxygens (including phenoxy) is 4. The molecule has 0 N–H and O–H groups in total. The van der Waals surface area contributed by atoms with Gasteiger partial charge in [-0.25, -0.2) is 0 Å². The van der Waals surface area contributed by atoms with Crippen molar-refractivity contribution in [2.24, 2.45) is 0 Å². The summed E-state index contributed by atoms with van der Waals surface area (Å²) in [6.07, 6.45) is 8.88. The van der Waals surface area contributed by atoms with Crippen LogP contribution < -0.4 is 4.74 Å². The van der Waals surface area contributed by atoms with Crippen LogP contribution in [0.3, 0.4) is 0 Å². The number of unbranched alkanes of at least 4 members (excludes halogenated alkanes) is 5. The molecule has 0 spiro atoms. The Kier molecular flexibility index (Phi) is 14.2. The van der Waals surface area contributed by atoms with Gasteiger partial charge in [-0.15, -0.1) is 0 Å². The molecule has 0 fully saturated rings. The predicted molar refractivity (Wildman–Crippen MR) is 107 cm³/mol. The fraction of sp³-hybridized carbons (Fsp3) is 0.727. The lowest BCUT2D eigenvalue weighted by atomic mass is 10.0. The molecule has 0 aliphatic heterocycles. The van der Waals surface area contributed by atoms with Gasteiger partial charge in [0.25, 0.3) is 0 Å². The van der Waals surface area contributed by atoms with Crippen LogP contribution in [0.5, 0.6) is 5.75 Å². The van der Waals surface area contributed by atoms with Crippen molar-refractivity contribution >= 4 is 0 Å². The Morgan fingerprint density at radius 1 is 0.769 bits per heavy atom. The number of hydrogen-bond donors (Lipinski definition) is 0. The van der Waals surface area contributed by atoms with E-state index in [1.165, 1.54) is 44.1 Å². The third kappa shape index (κ3) is 12.3. The van der Waals surface area contributed by atoms with Crippen LogP contribution >= 0.6 is 0 Å². The van der Waals surface area contributed by atoms with Crippen LogP contribution in [-0.2, 0) is 20.6 Å². The second-order valence-corrected chi connectivity index (χ2v) is 6.53. The zero-order chi connectivity index (χ0) is 18.9. The van der Waals surface area contributed by atoms with Crippen LogP contribution in [-0.4, -0.2) is 39.3 Å². The molecule has 0 saturated carbocycles. The Bertz CT molecular complexity index is 419. The first-order valence-corrected chi connectivity index (χ1v) is 10.3. The van der Waals surface area contributed by atoms with Crippen molar-refractivity contribution in [2.75, 3.05) is 33.0 Å². The van der Waals surface area contributed by atoms with Gasteiger partial charge in [0.1, 0.15) is 5.75 Å². The first kappa shape index (κ1) is 22.9. The minimum atomic E-state index is -0.282. The summed E-state index contributed by atoms with van der Waals surface area (Å²) < 4.78 is 22.0. The van der Waals surface area contributed by atoms with Crippen LogP contribution in [0.25, 0.3) is 0 Å². The van der Waals surface area contributed by atoms with Crippen molar-refractivity contribution in [3.8, 4) is 5.75 Å². The van der Waals surface area contributed by atoms with Crippen molar-refractivity contribution in [3.05, 3.63) is 29.8 Å². The van der Waals surface area contributed by atoms with Crippen molar-refractivity contribution in [2.45, 2.75) is 72.0 Å². The molecule has 26 heavy (non-hydrogen) atoms. The van der Waals surface area contributed by atoms with E-state index in [2.05, 4.69) is 19.1 Å². The van der Waals surface area contributed by atoms with E-state index in [1.54, 1.807) is 0 Å². The molecular weight excluding hydrogens is 328 g/mol. The van der Waals surface area contributed by atoms with Crippen molar-refractivity contribution < 1.29 is 18.9 Å². The molecule has 0 amide bonds. The second-order valence-electron chi connectivity index (χ2n) is 6.53. The van der Waals surface area contributed by atoms with Crippen molar-refractivity contribution in [1.29, 1.82) is 0 Å². The van der Waals surface area contributed by atoms with Gasteiger partial charge in [0.05, 0.1) is 26.4 Å². The maximum Gasteiger partial charge on any atom is 0.197 e. The largest absolute Gasteiger partial charge is 0.465 e. The summed E-state index contributed by atoms with van der Waals surface area (Å²) in [5, 5.41) is 0. The molecule has 0 aliphatic carbocycles. The standard InChI is InChI=1S/C22H38O4/c1-4-6-7-8-9-10-11-21-12-14-22(15-13-21)26-20(3)25-19-18-24-17-16-23-5-2/h12-15,20H,4-11,16-19H2,1-3H3. The molecule has 4 nitrogen and oxygen atoms in total. The lowest BCUT2D eigenvalue weighted by Crippen LogP contribution is -2.19. The van der Waals surface area contributed by atoms with Gasteiger partial charge in [-0.05, 0) is 44.4 Å². The Morgan fingerprint density at radius 3 is 2.15 bits per heavy atom. The highest BCUT2D eigenvalue weighted by Crippen LogP contribution is 2.16. The lowest BCUT2D eigenvalue weighted by molar-refractivity contribution is -0.0859. The summed E-state index contributed by atoms with van der Waals surface area (Å²) in [6.45, 7) is 9.17. The summed E-state index contributed by atoms with van der Waals surface area (Å²) in [7, 11) is 0. The van der Waals surface area contributed by atoms with Gasteiger partial charge in [0.15, 0.2) is 6.29 Å². The zero-order valence-corrected chi connectivity index (χ0v) is 17.0. The molecule has 1 aromatic carbocycles. The highest BCUT2D eigenvalue weighted by atomic mass is 16.7. The fourth-order valence-electron chi connectivity index (χ4n) is 2.71. The van der Waals surface area contributed by atoms with E-state index in [1.807, 2.05) is 26.0 Å². The zero-order valence-electron chi connectivity index (χ0n) is 17.0. The maximum atomic E-state index is 5.78. The molecule has 0 aromatic heterocycles. The number of hydrogen-bond acceptors (Lipinski definition) is 4. The number of aryl methyl sites for hydroxylation is 1. The van der Waals surface area contributed by atoms with E-state index in [-0.39, 0.29) is 6.29 Å². The summed E-state index contributed by atoms with van der Waals surface area (Å²) in [6, 6.07) is 8.38. The Balaban J connectivity index is 2.09. The lowest BCUT2D eigenvalue weighted by Gasteiger charge is -2.16. The van der Waals surface area contributed by atoms with E-state index in [0.717, 1.165) is 18.8 Å². The van der Waals surface area contributed by atoms with E-state index in [0.29, 0.717) is 26.4 Å². The molecule has 4 heteroatoms. The molecule has 0 heterocycles. The van der Waals surface area contributed by atoms with Gasteiger partial charge in [-0.1, -0.05) is 51.2 Å². The first-order valence-electron chi connectivity index (χ1n) is 10.3. The molecule has 150 valence electrons. The normalized spacial score (nSPS) is 12.3. The molecule has 0 aliphatic rings. The number of rotatable bonds is 17. The number of benzene rings is 1. The van der Waals surface area contributed by atoms with Gasteiger partial charge in [-0.3, -0.25) is 0 Å². The minimum absolute atomic E-state index is 0.282. The Hall–Kier alpha value is -1.10. The highest BCUT2D eigenvalue weighted by Gasteiger charge is 2.04. The molecule has 1 rings (SSSR count). The highest BCUT2D eigenvalue weighted by molar-refractivity contribution is 5.27. The van der Waals surface area contributed by atoms with Crippen LogP contribution in [0.15, 0.2) is 24.3 Å². The molecule has 1 unspecified atom stereocenters. The fourth-order valence-corrected chi connectivity index (χ4v) is 2.71. The van der Waals surface area contributed by atoms with Gasteiger partial charge in [0.2, 0.25) is 0 Å². The third-order valence-corrected chi connectivity index (χ3v) is 4.20. The van der Waals surface area contributed by atoms with E-state index < -0.39 is 0 Å². The molecule has 1 atom stereocenters. The quantitative estimate of drug-likeness (QED) is 0.274. The maximum absolute atomic E-state index is 5.78. The van der Waals surface area contributed by atoms with Gasteiger partial charge < -0.3 is 18.9 Å². The smallest absolute Gasteiger partial charge is 0.197 e. The Labute approximate surface area is 160 Å². The monoisotopic (exact) mass is 366 g/mol. The van der Waals surface area contributed by atoms with E-state index in [4.69, 9.17) is 18.9 Å². The SMILES string of the molecule is CCCCCCCCc1ccc(OC(C)OCCOCCOCC)cc1. The van der Waals surface area contributed by atoms with Gasteiger partial charge in [-0.2, -0.15) is 0 Å². The molecule has 1 aromatic rings. The van der Waals surface area contributed by atoms with Crippen molar-refractivity contribution in [1.82, 2.24) is 0 Å². The summed E-state index contributed by atoms with van der Waals surface area (Å²) >= 11 is 0. The molecule has 0 saturated heterocycles. The average Bonchev–Trinajstić information content (AvgIpc) is 2.65. The van der Waals surface area contributed by atoms with Gasteiger partial charge in [0, 0.05) is 6.61 Å². The predicted octanol–water partition coefficient (Wildman–Crippen LogP) is 5.38. The average molecular weight is 367 g/mol. The molecule has 0 radical (unpaired) electrons. The summed E-state index contributed by atoms with van der Waals surface area (Å²) in [4.78, 5) is 0. The van der Waals surface area contributed by atoms with Crippen molar-refractivity contribution in [3.63, 3.8) is 0 Å².